The molecule has 0 amide bonds. The summed E-state index contributed by atoms with van der Waals surface area (Å²) >= 11 is 5.26. The van der Waals surface area contributed by atoms with Gasteiger partial charge in [0.2, 0.25) is 5.95 Å². The number of fused-ring (bicyclic) bond motifs is 1. The Kier molecular flexibility index (Phi) is 4.41. The van der Waals surface area contributed by atoms with Crippen LogP contribution in [0.15, 0.2) is 34.1 Å². The molecule has 2 aromatic heterocycles. The lowest BCUT2D eigenvalue weighted by atomic mass is 9.95. The number of nitrogen functional groups attached to an aromatic ring is 1. The molecule has 3 aromatic rings. The van der Waals surface area contributed by atoms with Crippen LogP contribution in [0.2, 0.25) is 0 Å². The standard InChI is InChI=1S/C18H19BrN4S/c19-16-9-8-15(24-16)11-6-7-14-13(10-11)17(23-18(20)22-14)21-12-4-2-1-3-5-12/h6-10,12H,1-5H2,(H3,20,21,22,23). The summed E-state index contributed by atoms with van der Waals surface area (Å²) in [6, 6.07) is 11.0. The molecule has 6 heteroatoms. The third-order valence-electron chi connectivity index (χ3n) is 4.52. The second-order valence-corrected chi connectivity index (χ2v) is 8.71. The highest BCUT2D eigenvalue weighted by Gasteiger charge is 2.16. The highest BCUT2D eigenvalue weighted by Crippen LogP contribution is 2.34. The van der Waals surface area contributed by atoms with E-state index in [2.05, 4.69) is 55.5 Å². The smallest absolute Gasteiger partial charge is 0.222 e. The molecule has 0 aliphatic heterocycles. The number of benzene rings is 1. The highest BCUT2D eigenvalue weighted by molar-refractivity contribution is 9.11. The molecular weight excluding hydrogens is 384 g/mol. The summed E-state index contributed by atoms with van der Waals surface area (Å²) in [4.78, 5) is 10.1. The van der Waals surface area contributed by atoms with E-state index in [1.165, 1.54) is 42.5 Å². The topological polar surface area (TPSA) is 63.8 Å². The molecule has 0 bridgehead atoms. The highest BCUT2D eigenvalue weighted by atomic mass is 79.9. The summed E-state index contributed by atoms with van der Waals surface area (Å²) in [5.74, 6) is 1.19. The number of halogens is 1. The first-order valence-corrected chi connectivity index (χ1v) is 9.89. The van der Waals surface area contributed by atoms with E-state index in [1.807, 2.05) is 6.07 Å². The van der Waals surface area contributed by atoms with Gasteiger partial charge in [0.15, 0.2) is 0 Å². The van der Waals surface area contributed by atoms with Gasteiger partial charge in [-0.15, -0.1) is 11.3 Å². The summed E-state index contributed by atoms with van der Waals surface area (Å²) in [6.45, 7) is 0. The molecule has 1 aliphatic rings. The Hall–Kier alpha value is -1.66. The van der Waals surface area contributed by atoms with Gasteiger partial charge < -0.3 is 11.1 Å². The number of hydrogen-bond donors (Lipinski definition) is 2. The molecule has 4 nitrogen and oxygen atoms in total. The van der Waals surface area contributed by atoms with Crippen molar-refractivity contribution in [3.8, 4) is 10.4 Å². The number of thiophene rings is 1. The molecule has 0 radical (unpaired) electrons. The first-order chi connectivity index (χ1) is 11.7. The Morgan fingerprint density at radius 3 is 2.67 bits per heavy atom. The maximum Gasteiger partial charge on any atom is 0.222 e. The van der Waals surface area contributed by atoms with E-state index in [-0.39, 0.29) is 0 Å². The molecule has 0 spiro atoms. The van der Waals surface area contributed by atoms with Crippen molar-refractivity contribution in [2.45, 2.75) is 38.1 Å². The largest absolute Gasteiger partial charge is 0.368 e. The number of aromatic nitrogens is 2. The molecule has 1 saturated carbocycles. The van der Waals surface area contributed by atoms with Gasteiger partial charge in [0.25, 0.3) is 0 Å². The zero-order valence-electron chi connectivity index (χ0n) is 13.3. The fraction of sp³-hybridized carbons (Fsp3) is 0.333. The molecule has 1 fully saturated rings. The van der Waals surface area contributed by atoms with Crippen LogP contribution in [0.25, 0.3) is 21.3 Å². The Balaban J connectivity index is 1.75. The van der Waals surface area contributed by atoms with Crippen molar-refractivity contribution in [1.82, 2.24) is 9.97 Å². The minimum Gasteiger partial charge on any atom is -0.368 e. The van der Waals surface area contributed by atoms with E-state index < -0.39 is 0 Å². The van der Waals surface area contributed by atoms with Crippen LogP contribution < -0.4 is 11.1 Å². The normalized spacial score (nSPS) is 15.7. The predicted molar refractivity (Wildman–Crippen MR) is 105 cm³/mol. The van der Waals surface area contributed by atoms with Gasteiger partial charge in [-0.05, 0) is 58.6 Å². The molecule has 1 aliphatic carbocycles. The number of nitrogens with zero attached hydrogens (tertiary/aromatic N) is 2. The van der Waals surface area contributed by atoms with Gasteiger partial charge in [0.1, 0.15) is 5.82 Å². The van der Waals surface area contributed by atoms with Crippen LogP contribution in [0.5, 0.6) is 0 Å². The van der Waals surface area contributed by atoms with Crippen molar-refractivity contribution in [2.24, 2.45) is 0 Å². The predicted octanol–water partition coefficient (Wildman–Crippen LogP) is 5.45. The molecule has 124 valence electrons. The fourth-order valence-corrected chi connectivity index (χ4v) is 4.70. The van der Waals surface area contributed by atoms with E-state index in [9.17, 15) is 0 Å². The first-order valence-electron chi connectivity index (χ1n) is 8.28. The van der Waals surface area contributed by atoms with E-state index in [0.29, 0.717) is 12.0 Å². The molecule has 3 N–H and O–H groups in total. The van der Waals surface area contributed by atoms with E-state index in [4.69, 9.17) is 5.73 Å². The van der Waals surface area contributed by atoms with Crippen LogP contribution in [0, 0.1) is 0 Å². The van der Waals surface area contributed by atoms with E-state index in [1.54, 1.807) is 11.3 Å². The Labute approximate surface area is 153 Å². The maximum absolute atomic E-state index is 5.92. The maximum atomic E-state index is 5.92. The van der Waals surface area contributed by atoms with Crippen molar-refractivity contribution in [3.05, 3.63) is 34.1 Å². The van der Waals surface area contributed by atoms with Crippen LogP contribution in [-0.2, 0) is 0 Å². The zero-order valence-corrected chi connectivity index (χ0v) is 15.7. The van der Waals surface area contributed by atoms with Gasteiger partial charge in [-0.1, -0.05) is 25.3 Å². The first kappa shape index (κ1) is 15.8. The summed E-state index contributed by atoms with van der Waals surface area (Å²) in [5.41, 5.74) is 7.98. The van der Waals surface area contributed by atoms with Crippen molar-refractivity contribution in [1.29, 1.82) is 0 Å². The third-order valence-corrected chi connectivity index (χ3v) is 6.19. The minimum atomic E-state index is 0.326. The van der Waals surface area contributed by atoms with Crippen molar-refractivity contribution < 1.29 is 0 Å². The molecule has 4 rings (SSSR count). The Morgan fingerprint density at radius 2 is 1.92 bits per heavy atom. The molecule has 0 unspecified atom stereocenters. The van der Waals surface area contributed by atoms with Crippen LogP contribution in [0.4, 0.5) is 11.8 Å². The lowest BCUT2D eigenvalue weighted by molar-refractivity contribution is 0.462. The second kappa shape index (κ2) is 6.69. The van der Waals surface area contributed by atoms with E-state index in [0.717, 1.165) is 20.5 Å². The van der Waals surface area contributed by atoms with Gasteiger partial charge >= 0.3 is 0 Å². The fourth-order valence-electron chi connectivity index (χ4n) is 3.32. The SMILES string of the molecule is Nc1nc(NC2CCCCC2)c2cc(-c3ccc(Br)s3)ccc2n1. The number of rotatable bonds is 3. The van der Waals surface area contributed by atoms with E-state index >= 15 is 0 Å². The minimum absolute atomic E-state index is 0.326. The van der Waals surface area contributed by atoms with Crippen LogP contribution in [0.3, 0.4) is 0 Å². The molecular formula is C18H19BrN4S. The zero-order chi connectivity index (χ0) is 16.5. The van der Waals surface area contributed by atoms with Crippen molar-refractivity contribution in [3.63, 3.8) is 0 Å². The third kappa shape index (κ3) is 3.26. The lowest BCUT2D eigenvalue weighted by Gasteiger charge is -2.24. The number of hydrogen-bond acceptors (Lipinski definition) is 5. The second-order valence-electron chi connectivity index (χ2n) is 6.25. The monoisotopic (exact) mass is 402 g/mol. The van der Waals surface area contributed by atoms with Crippen LogP contribution in [-0.4, -0.2) is 16.0 Å². The van der Waals surface area contributed by atoms with Crippen LogP contribution >= 0.6 is 27.3 Å². The average Bonchev–Trinajstić information content (AvgIpc) is 3.02. The summed E-state index contributed by atoms with van der Waals surface area (Å²) in [7, 11) is 0. The quantitative estimate of drug-likeness (QED) is 0.611. The number of anilines is 2. The molecule has 0 atom stereocenters. The number of nitrogens with one attached hydrogen (secondary N) is 1. The van der Waals surface area contributed by atoms with Gasteiger partial charge in [-0.3, -0.25) is 0 Å². The van der Waals surface area contributed by atoms with Crippen molar-refractivity contribution >= 4 is 49.9 Å². The van der Waals surface area contributed by atoms with Gasteiger partial charge in [0, 0.05) is 16.3 Å². The lowest BCUT2D eigenvalue weighted by Crippen LogP contribution is -2.23. The summed E-state index contributed by atoms with van der Waals surface area (Å²) < 4.78 is 1.13. The molecule has 24 heavy (non-hydrogen) atoms. The summed E-state index contributed by atoms with van der Waals surface area (Å²) in [5, 5.41) is 4.65. The molecule has 1 aromatic carbocycles. The Morgan fingerprint density at radius 1 is 1.08 bits per heavy atom. The summed E-state index contributed by atoms with van der Waals surface area (Å²) in [6.07, 6.45) is 6.30. The Bertz CT molecular complexity index is 871. The van der Waals surface area contributed by atoms with Gasteiger partial charge in [-0.25, -0.2) is 4.98 Å². The molecule has 2 heterocycles. The van der Waals surface area contributed by atoms with Gasteiger partial charge in [0.05, 0.1) is 9.30 Å². The van der Waals surface area contributed by atoms with Gasteiger partial charge in [-0.2, -0.15) is 4.98 Å². The number of nitrogens with two attached hydrogens (primary N) is 1. The molecule has 0 saturated heterocycles. The van der Waals surface area contributed by atoms with Crippen LogP contribution in [0.1, 0.15) is 32.1 Å². The van der Waals surface area contributed by atoms with Crippen molar-refractivity contribution in [2.75, 3.05) is 11.1 Å². The average molecular weight is 403 g/mol.